The summed E-state index contributed by atoms with van der Waals surface area (Å²) in [5.41, 5.74) is 0.564. The second-order valence-corrected chi connectivity index (χ2v) is 7.33. The predicted molar refractivity (Wildman–Crippen MR) is 131 cm³/mol. The van der Waals surface area contributed by atoms with Crippen LogP contribution in [0.2, 0.25) is 0 Å². The summed E-state index contributed by atoms with van der Waals surface area (Å²) in [6, 6.07) is 16.7. The van der Waals surface area contributed by atoms with E-state index in [1.807, 2.05) is 36.4 Å². The summed E-state index contributed by atoms with van der Waals surface area (Å²) in [4.78, 5) is 32.5. The molecule has 0 amide bonds. The van der Waals surface area contributed by atoms with Crippen molar-refractivity contribution in [2.45, 2.75) is 0 Å². The smallest absolute Gasteiger partial charge is 0.333 e. The zero-order chi connectivity index (χ0) is 24.9. The lowest BCUT2D eigenvalue weighted by atomic mass is 9.97. The molecule has 4 rings (SSSR count). The molecule has 1 N–H and O–H groups in total. The number of rotatable bonds is 6. The van der Waals surface area contributed by atoms with E-state index in [9.17, 15) is 19.2 Å². The lowest BCUT2D eigenvalue weighted by Crippen LogP contribution is -2.31. The average Bonchev–Trinajstić information content (AvgIpc) is 2.88. The van der Waals surface area contributed by atoms with Crippen molar-refractivity contribution in [2.24, 2.45) is 4.99 Å². The fourth-order valence-electron chi connectivity index (χ4n) is 3.57. The maximum atomic E-state index is 14.1. The fourth-order valence-corrected chi connectivity index (χ4v) is 3.57. The molecule has 0 aliphatic carbocycles. The van der Waals surface area contributed by atoms with E-state index in [-0.39, 0.29) is 28.0 Å². The summed E-state index contributed by atoms with van der Waals surface area (Å²) in [6.45, 7) is 0. The first-order valence-electron chi connectivity index (χ1n) is 10.4. The van der Waals surface area contributed by atoms with Gasteiger partial charge in [0.2, 0.25) is 0 Å². The molecule has 0 saturated carbocycles. The third kappa shape index (κ3) is 4.58. The van der Waals surface area contributed by atoms with Crippen LogP contribution in [0.25, 0.3) is 28.2 Å². The van der Waals surface area contributed by atoms with Gasteiger partial charge >= 0.3 is 5.69 Å². The zero-order valence-corrected chi connectivity index (χ0v) is 18.8. The van der Waals surface area contributed by atoms with Gasteiger partial charge in [-0.05, 0) is 29.8 Å². The molecule has 3 aromatic carbocycles. The number of ether oxygens (including phenoxy) is 2. The van der Waals surface area contributed by atoms with Gasteiger partial charge in [-0.2, -0.15) is 5.26 Å². The summed E-state index contributed by atoms with van der Waals surface area (Å²) in [6.07, 6.45) is 4.19. The van der Waals surface area contributed by atoms with Gasteiger partial charge in [0, 0.05) is 29.7 Å². The molecule has 0 atom stereocenters. The molecular formula is C26H19FN4O4. The molecule has 1 heterocycles. The van der Waals surface area contributed by atoms with Crippen molar-refractivity contribution in [3.63, 3.8) is 0 Å². The lowest BCUT2D eigenvalue weighted by molar-refractivity contribution is 0.386. The average molecular weight is 470 g/mol. The second kappa shape index (κ2) is 9.89. The van der Waals surface area contributed by atoms with Gasteiger partial charge in [0.1, 0.15) is 5.75 Å². The monoisotopic (exact) mass is 470 g/mol. The second-order valence-electron chi connectivity index (χ2n) is 7.33. The quantitative estimate of drug-likeness (QED) is 0.430. The van der Waals surface area contributed by atoms with Crippen LogP contribution in [0, 0.1) is 17.1 Å². The number of benzene rings is 3. The highest BCUT2D eigenvalue weighted by Gasteiger charge is 2.18. The SMILES string of the molecule is COc1cc(-c2cc3[nH]c(=O)n(/C=C/N=Cc4ccccc4)c(=O)c3cc2OC)c(C#N)cc1F. The van der Waals surface area contributed by atoms with E-state index in [4.69, 9.17) is 9.47 Å². The van der Waals surface area contributed by atoms with E-state index in [2.05, 4.69) is 9.98 Å². The van der Waals surface area contributed by atoms with Crippen LogP contribution in [0.3, 0.4) is 0 Å². The van der Waals surface area contributed by atoms with Crippen LogP contribution in [0.4, 0.5) is 4.39 Å². The van der Waals surface area contributed by atoms with Crippen molar-refractivity contribution in [3.8, 4) is 28.7 Å². The Labute approximate surface area is 198 Å². The van der Waals surface area contributed by atoms with Gasteiger partial charge in [-0.3, -0.25) is 9.79 Å². The van der Waals surface area contributed by atoms with Crippen LogP contribution >= 0.6 is 0 Å². The van der Waals surface area contributed by atoms with Gasteiger partial charge in [0.05, 0.1) is 36.8 Å². The van der Waals surface area contributed by atoms with Gasteiger partial charge < -0.3 is 14.5 Å². The third-order valence-electron chi connectivity index (χ3n) is 5.28. The number of hydrogen-bond acceptors (Lipinski definition) is 6. The molecule has 9 heteroatoms. The number of methoxy groups -OCH3 is 2. The summed E-state index contributed by atoms with van der Waals surface area (Å²) < 4.78 is 25.5. The maximum Gasteiger partial charge on any atom is 0.333 e. The van der Waals surface area contributed by atoms with Crippen LogP contribution in [-0.4, -0.2) is 30.0 Å². The molecule has 0 aliphatic rings. The fraction of sp³-hybridized carbons (Fsp3) is 0.0769. The number of aromatic amines is 1. The van der Waals surface area contributed by atoms with Crippen LogP contribution in [0.15, 0.2) is 75.4 Å². The highest BCUT2D eigenvalue weighted by atomic mass is 19.1. The summed E-state index contributed by atoms with van der Waals surface area (Å²) >= 11 is 0. The van der Waals surface area contributed by atoms with Crippen molar-refractivity contribution < 1.29 is 13.9 Å². The third-order valence-corrected chi connectivity index (χ3v) is 5.28. The number of hydrogen-bond donors (Lipinski definition) is 1. The summed E-state index contributed by atoms with van der Waals surface area (Å²) in [5, 5.41) is 9.69. The molecular weight excluding hydrogens is 451 g/mol. The van der Waals surface area contributed by atoms with Gasteiger partial charge in [0.15, 0.2) is 11.6 Å². The van der Waals surface area contributed by atoms with Crippen molar-refractivity contribution in [3.05, 3.63) is 98.6 Å². The number of H-pyrrole nitrogens is 1. The van der Waals surface area contributed by atoms with E-state index in [0.717, 1.165) is 16.2 Å². The first-order valence-corrected chi connectivity index (χ1v) is 10.4. The topological polar surface area (TPSA) is 109 Å². The Bertz CT molecular complexity index is 1630. The number of halogens is 1. The molecule has 1 aromatic heterocycles. The van der Waals surface area contributed by atoms with Crippen molar-refractivity contribution >= 4 is 23.3 Å². The maximum absolute atomic E-state index is 14.1. The van der Waals surface area contributed by atoms with E-state index in [1.165, 1.54) is 44.8 Å². The van der Waals surface area contributed by atoms with E-state index >= 15 is 0 Å². The van der Waals surface area contributed by atoms with Gasteiger partial charge in [-0.25, -0.2) is 13.8 Å². The Morgan fingerprint density at radius 3 is 2.46 bits per heavy atom. The summed E-state index contributed by atoms with van der Waals surface area (Å²) in [5.74, 6) is -0.499. The first-order chi connectivity index (χ1) is 17.0. The van der Waals surface area contributed by atoms with E-state index in [0.29, 0.717) is 11.1 Å². The molecule has 8 nitrogen and oxygen atoms in total. The van der Waals surface area contributed by atoms with Crippen LogP contribution in [0.1, 0.15) is 11.1 Å². The number of nitrogens with zero attached hydrogens (tertiary/aromatic N) is 3. The van der Waals surface area contributed by atoms with Gasteiger partial charge in [-0.1, -0.05) is 30.3 Å². The van der Waals surface area contributed by atoms with Gasteiger partial charge in [0.25, 0.3) is 5.56 Å². The first kappa shape index (κ1) is 23.2. The number of aliphatic imine (C=N–C) groups is 1. The highest BCUT2D eigenvalue weighted by Crippen LogP contribution is 2.37. The van der Waals surface area contributed by atoms with E-state index < -0.39 is 17.1 Å². The Morgan fingerprint density at radius 2 is 1.77 bits per heavy atom. The normalized spacial score (nSPS) is 11.3. The molecule has 0 spiro atoms. The molecule has 0 unspecified atom stereocenters. The molecule has 0 bridgehead atoms. The Hall–Kier alpha value is -4.97. The van der Waals surface area contributed by atoms with Crippen LogP contribution in [-0.2, 0) is 0 Å². The standard InChI is InChI=1S/C26H19FN4O4/c1-34-23-13-20-22(11-19(23)18-12-24(35-2)21(27)10-17(18)14-28)30-26(33)31(25(20)32)9-8-29-15-16-6-4-3-5-7-16/h3-13,15H,1-2H3,(H,30,33)/b9-8+,29-15?. The van der Waals surface area contributed by atoms with Crippen LogP contribution in [0.5, 0.6) is 11.5 Å². The molecule has 174 valence electrons. The molecule has 35 heavy (non-hydrogen) atoms. The zero-order valence-electron chi connectivity index (χ0n) is 18.8. The largest absolute Gasteiger partial charge is 0.496 e. The number of nitrogens with one attached hydrogen (secondary N) is 1. The minimum absolute atomic E-state index is 0.0378. The Balaban J connectivity index is 1.83. The molecule has 0 aliphatic heterocycles. The molecule has 0 fully saturated rings. The number of nitriles is 1. The molecule has 4 aromatic rings. The number of aromatic nitrogens is 2. The predicted octanol–water partition coefficient (Wildman–Crippen LogP) is 3.93. The van der Waals surface area contributed by atoms with E-state index in [1.54, 1.807) is 6.21 Å². The van der Waals surface area contributed by atoms with Crippen molar-refractivity contribution in [1.82, 2.24) is 9.55 Å². The molecule has 0 radical (unpaired) electrons. The van der Waals surface area contributed by atoms with Gasteiger partial charge in [-0.15, -0.1) is 0 Å². The van der Waals surface area contributed by atoms with Crippen molar-refractivity contribution in [1.29, 1.82) is 5.26 Å². The number of fused-ring (bicyclic) bond motifs is 1. The minimum Gasteiger partial charge on any atom is -0.496 e. The van der Waals surface area contributed by atoms with Crippen molar-refractivity contribution in [2.75, 3.05) is 14.2 Å². The Morgan fingerprint density at radius 1 is 1.03 bits per heavy atom. The lowest BCUT2D eigenvalue weighted by Gasteiger charge is -2.13. The van der Waals surface area contributed by atoms with Crippen LogP contribution < -0.4 is 20.7 Å². The highest BCUT2D eigenvalue weighted by molar-refractivity contribution is 5.89. The summed E-state index contributed by atoms with van der Waals surface area (Å²) in [7, 11) is 2.71. The Kier molecular flexibility index (Phi) is 6.55. The molecule has 0 saturated heterocycles. The minimum atomic E-state index is -0.689.